The third-order valence-electron chi connectivity index (χ3n) is 26.9. The maximum atomic E-state index is 18.7. The Balaban J connectivity index is 0.565. The van der Waals surface area contributed by atoms with Crippen molar-refractivity contribution >= 4 is 113 Å². The minimum absolute atomic E-state index is 0.0306. The Morgan fingerprint density at radius 2 is 0.886 bits per heavy atom. The molecule has 12 heterocycles. The first kappa shape index (κ1) is 81.7. The van der Waals surface area contributed by atoms with Gasteiger partial charge in [-0.2, -0.15) is 29.9 Å². The fourth-order valence-corrected chi connectivity index (χ4v) is 21.3. The standard InChI is InChI=1S/C95H102Cl3F3N16O6/c1-5-6-7-13-54-34-57(36-66(118)35-54)81-78(96)43-75-87(84(81)99)106-94(109-91(75)116-48-60-20-21-61(49-116)103-60)120-52-64-39-67(24-27-112(64)3)123-70-38-56-15-9-11-17-72(56)74(42-70)83-80(98)45-77-89(86(83)101)107-95(110-92(77)117-50-62-22-23-63(51-117)104-62)121-53-65-40-68(25-28-113(65)4)122-69-37-55-14-8-10-16-71(55)73(41-69)82-79(97)44-76-88(85(82)100)105-93(119-33-12-26-114-31-29-111(2)30-32-114)108-90(76)115-46-58-18-19-59(47-115)102-58/h5-11,13-17,34-38,41-45,58-65,67-68,102-104,118H,12,18-33,39-40,46-53H2,1-4H3/b6-5-,13-7-/t58?,59?,60?,61?,62?,63?,64-,65-,67?,68?/m0/s1. The molecular weight excluding hydrogens is 1620 g/mol. The first-order chi connectivity index (χ1) is 59.9. The third kappa shape index (κ3) is 16.8. The average Bonchev–Trinajstić information content (AvgIpc) is 1.58. The smallest absolute Gasteiger partial charge is 0.319 e. The molecule has 0 amide bonds. The number of nitrogens with zero attached hydrogens (tertiary/aromatic N) is 13. The van der Waals surface area contributed by atoms with Gasteiger partial charge in [-0.15, -0.1) is 0 Å². The van der Waals surface area contributed by atoms with E-state index in [0.717, 1.165) is 112 Å². The van der Waals surface area contributed by atoms with Crippen molar-refractivity contribution in [2.75, 3.05) is 141 Å². The molecule has 9 aliphatic heterocycles. The number of nitrogens with one attached hydrogen (secondary N) is 3. The summed E-state index contributed by atoms with van der Waals surface area (Å²) in [6.45, 7) is 13.1. The van der Waals surface area contributed by atoms with Gasteiger partial charge in [0.05, 0.1) is 21.7 Å². The zero-order chi connectivity index (χ0) is 83.8. The number of likely N-dealkylation sites (N-methyl/N-ethyl adjacent to an activating group) is 3. The molecule has 28 heteroatoms. The van der Waals surface area contributed by atoms with Crippen LogP contribution in [-0.4, -0.2) is 241 Å². The van der Waals surface area contributed by atoms with Crippen LogP contribution in [0.3, 0.4) is 0 Å². The van der Waals surface area contributed by atoms with Gasteiger partial charge in [-0.1, -0.05) is 108 Å². The number of benzene rings is 8. The Morgan fingerprint density at radius 1 is 0.463 bits per heavy atom. The zero-order valence-corrected chi connectivity index (χ0v) is 71.9. The molecule has 4 N–H and O–H groups in total. The summed E-state index contributed by atoms with van der Waals surface area (Å²) < 4.78 is 88.3. The highest BCUT2D eigenvalue weighted by Crippen LogP contribution is 2.48. The Labute approximate surface area is 728 Å². The highest BCUT2D eigenvalue weighted by molar-refractivity contribution is 6.36. The number of anilines is 3. The lowest BCUT2D eigenvalue weighted by molar-refractivity contribution is 0.0467. The van der Waals surface area contributed by atoms with Crippen LogP contribution in [0.5, 0.6) is 35.3 Å². The quantitative estimate of drug-likeness (QED) is 0.0347. The molecule has 0 radical (unpaired) electrons. The van der Waals surface area contributed by atoms with Crippen LogP contribution in [0.2, 0.25) is 15.1 Å². The van der Waals surface area contributed by atoms with Crippen molar-refractivity contribution in [3.63, 3.8) is 0 Å². The van der Waals surface area contributed by atoms with E-state index in [-0.39, 0.29) is 134 Å². The van der Waals surface area contributed by atoms with Gasteiger partial charge in [-0.05, 0) is 190 Å². The van der Waals surface area contributed by atoms with Gasteiger partial charge < -0.3 is 69.2 Å². The third-order valence-corrected chi connectivity index (χ3v) is 27.8. The van der Waals surface area contributed by atoms with Crippen LogP contribution >= 0.6 is 34.8 Å². The van der Waals surface area contributed by atoms with E-state index in [4.69, 9.17) is 88.4 Å². The molecule has 123 heavy (non-hydrogen) atoms. The topological polar surface area (TPSA) is 202 Å². The van der Waals surface area contributed by atoms with Crippen molar-refractivity contribution in [3.05, 3.63) is 166 Å². The van der Waals surface area contributed by atoms with Crippen LogP contribution in [0.1, 0.15) is 83.1 Å². The van der Waals surface area contributed by atoms with E-state index in [1.165, 1.54) is 6.07 Å². The molecule has 9 aliphatic rings. The number of aromatic nitrogens is 6. The number of allylic oxidation sites excluding steroid dienone is 3. The van der Waals surface area contributed by atoms with Crippen LogP contribution in [0.15, 0.2) is 127 Å². The summed E-state index contributed by atoms with van der Waals surface area (Å²) in [7, 11) is 6.28. The summed E-state index contributed by atoms with van der Waals surface area (Å²) in [4.78, 5) is 45.9. The molecular formula is C95H102Cl3F3N16O6. The number of fused-ring (bicyclic) bond motifs is 11. The highest BCUT2D eigenvalue weighted by atomic mass is 35.5. The molecule has 0 saturated carbocycles. The van der Waals surface area contributed by atoms with Gasteiger partial charge in [0.1, 0.15) is 76.7 Å². The molecule has 3 aromatic heterocycles. The lowest BCUT2D eigenvalue weighted by atomic mass is 9.95. The molecule has 20 rings (SSSR count). The molecule has 8 unspecified atom stereocenters. The summed E-state index contributed by atoms with van der Waals surface area (Å²) in [5, 5.41) is 27.4. The number of phenolic OH excluding ortho intramolecular Hbond substituents is 1. The Morgan fingerprint density at radius 3 is 1.33 bits per heavy atom. The van der Waals surface area contributed by atoms with Crippen molar-refractivity contribution in [2.24, 2.45) is 0 Å². The van der Waals surface area contributed by atoms with E-state index in [1.54, 1.807) is 24.3 Å². The van der Waals surface area contributed by atoms with Gasteiger partial charge in [0.2, 0.25) is 0 Å². The Kier molecular flexibility index (Phi) is 23.1. The molecule has 11 aromatic rings. The highest BCUT2D eigenvalue weighted by Gasteiger charge is 2.40. The van der Waals surface area contributed by atoms with E-state index in [1.807, 2.05) is 110 Å². The fourth-order valence-electron chi connectivity index (χ4n) is 20.5. The van der Waals surface area contributed by atoms with Crippen LogP contribution in [-0.2, 0) is 0 Å². The van der Waals surface area contributed by atoms with Gasteiger partial charge in [0.15, 0.2) is 17.5 Å². The van der Waals surface area contributed by atoms with Crippen molar-refractivity contribution in [3.8, 4) is 68.7 Å². The molecule has 10 atom stereocenters. The Bertz CT molecular complexity index is 5910. The monoisotopic (exact) mass is 1720 g/mol. The second-order valence-corrected chi connectivity index (χ2v) is 36.5. The number of hydrogen-bond acceptors (Lipinski definition) is 22. The van der Waals surface area contributed by atoms with Crippen LogP contribution in [0.25, 0.3) is 93.7 Å². The predicted octanol–water partition coefficient (Wildman–Crippen LogP) is 16.2. The van der Waals surface area contributed by atoms with Gasteiger partial charge in [-0.25, -0.2) is 13.2 Å². The molecule has 0 spiro atoms. The number of piperidine rings is 2. The van der Waals surface area contributed by atoms with E-state index < -0.39 is 17.5 Å². The largest absolute Gasteiger partial charge is 0.508 e. The fraction of sp³-hybridized carbons (Fsp3) is 0.432. The number of rotatable bonds is 23. The first-order valence-corrected chi connectivity index (χ1v) is 44.9. The van der Waals surface area contributed by atoms with Crippen molar-refractivity contribution in [2.45, 2.75) is 138 Å². The second kappa shape index (κ2) is 34.7. The zero-order valence-electron chi connectivity index (χ0n) is 69.6. The lowest BCUT2D eigenvalue weighted by Crippen LogP contribution is -2.51. The number of halogens is 6. The van der Waals surface area contributed by atoms with Crippen LogP contribution in [0, 0.1) is 17.5 Å². The number of likely N-dealkylation sites (tertiary alicyclic amines) is 2. The molecule has 22 nitrogen and oxygen atoms in total. The number of ether oxygens (including phenoxy) is 5. The number of hydrogen-bond donors (Lipinski definition) is 4. The summed E-state index contributed by atoms with van der Waals surface area (Å²) >= 11 is 22.0. The van der Waals surface area contributed by atoms with E-state index >= 15 is 13.2 Å². The maximum absolute atomic E-state index is 18.7. The molecule has 9 fully saturated rings. The minimum atomic E-state index is -0.647. The van der Waals surface area contributed by atoms with E-state index in [2.05, 4.69) is 71.4 Å². The minimum Gasteiger partial charge on any atom is -0.508 e. The number of aromatic hydroxyl groups is 1. The Hall–Kier alpha value is -9.64. The summed E-state index contributed by atoms with van der Waals surface area (Å²) in [6, 6.07) is 35.2. The van der Waals surface area contributed by atoms with Crippen molar-refractivity contribution in [1.82, 2.24) is 65.5 Å². The predicted molar refractivity (Wildman–Crippen MR) is 482 cm³/mol. The maximum Gasteiger partial charge on any atom is 0.319 e. The van der Waals surface area contributed by atoms with Gasteiger partial charge in [0, 0.05) is 179 Å². The SMILES string of the molecule is C/C=C\C=C/c1cc(O)cc(-c2c(Cl)cc3c(N4CC5CCC(C4)N5)nc(OC[C@@H]4CC(Oc5cc(-c6c(Cl)cc7c(N8CC9CCC(C8)N9)nc(OC[C@@H]8CC(Oc9cc(-c%10c(Cl)cc%11c(N%12CC%13CCC(C%12)N%13)nc(OCCCN%12CCN(C)CC%12)nc%11c%10F)c%10ccccc%10c9)CCN8C)nc7c6F)c6ccccc6c5)CCN4C)nc3c2F)c1. The normalized spacial score (nSPS) is 24.1. The van der Waals surface area contributed by atoms with Gasteiger partial charge in [-0.3, -0.25) is 9.80 Å². The van der Waals surface area contributed by atoms with Gasteiger partial charge in [0.25, 0.3) is 0 Å². The van der Waals surface area contributed by atoms with E-state index in [0.29, 0.717) is 151 Å². The number of piperazine rings is 4. The molecule has 6 bridgehead atoms. The molecule has 640 valence electrons. The average molecular weight is 1730 g/mol. The van der Waals surface area contributed by atoms with Crippen molar-refractivity contribution < 1.29 is 42.0 Å². The number of phenols is 1. The van der Waals surface area contributed by atoms with Crippen LogP contribution < -0.4 is 54.3 Å². The molecule has 0 aliphatic carbocycles. The van der Waals surface area contributed by atoms with Gasteiger partial charge >= 0.3 is 18.0 Å². The molecule has 9 saturated heterocycles. The van der Waals surface area contributed by atoms with E-state index in [9.17, 15) is 5.11 Å². The molecule has 8 aromatic carbocycles. The van der Waals surface area contributed by atoms with Crippen molar-refractivity contribution in [1.29, 1.82) is 0 Å². The second-order valence-electron chi connectivity index (χ2n) is 35.3. The summed E-state index contributed by atoms with van der Waals surface area (Å²) in [5.41, 5.74) is 2.98. The lowest BCUT2D eigenvalue weighted by Gasteiger charge is -2.37. The summed E-state index contributed by atoms with van der Waals surface area (Å²) in [6.07, 6.45) is 16.3. The summed E-state index contributed by atoms with van der Waals surface area (Å²) in [5.74, 6) is 0.969. The first-order valence-electron chi connectivity index (χ1n) is 43.7. The van der Waals surface area contributed by atoms with Crippen LogP contribution in [0.4, 0.5) is 30.6 Å².